The molecule has 0 spiro atoms. The van der Waals surface area contributed by atoms with Crippen LogP contribution >= 0.6 is 0 Å². The molecule has 1 aliphatic rings. The third kappa shape index (κ3) is 4.98. The van der Waals surface area contributed by atoms with Crippen molar-refractivity contribution < 1.29 is 27.5 Å². The number of methoxy groups -OCH3 is 1. The van der Waals surface area contributed by atoms with Crippen LogP contribution in [0.4, 0.5) is 13.2 Å². The monoisotopic (exact) mass is 356 g/mol. The molecule has 25 heavy (non-hydrogen) atoms. The maximum Gasteiger partial charge on any atom is 0.471 e. The smallest absolute Gasteiger partial charge is 0.471 e. The topological polar surface area (TPSA) is 49.9 Å². The second-order valence-corrected chi connectivity index (χ2v) is 5.54. The van der Waals surface area contributed by atoms with Crippen LogP contribution in [0.5, 0.6) is 5.75 Å². The largest absolute Gasteiger partial charge is 0.496 e. The highest BCUT2D eigenvalue weighted by Gasteiger charge is 2.42. The molecule has 0 bridgehead atoms. The van der Waals surface area contributed by atoms with Gasteiger partial charge in [-0.2, -0.15) is 13.2 Å². The number of hydrogen-bond donors (Lipinski definition) is 0. The van der Waals surface area contributed by atoms with Gasteiger partial charge in [0.05, 0.1) is 7.11 Å². The van der Waals surface area contributed by atoms with E-state index in [2.05, 4.69) is 0 Å². The van der Waals surface area contributed by atoms with E-state index in [9.17, 15) is 22.8 Å². The Bertz CT molecular complexity index is 659. The number of para-hydroxylation sites is 1. The van der Waals surface area contributed by atoms with Gasteiger partial charge in [-0.15, -0.1) is 0 Å². The number of ether oxygens (including phenoxy) is 1. The van der Waals surface area contributed by atoms with Crippen molar-refractivity contribution in [2.75, 3.05) is 33.3 Å². The molecule has 1 aromatic rings. The van der Waals surface area contributed by atoms with Crippen molar-refractivity contribution in [3.05, 3.63) is 35.9 Å². The highest BCUT2D eigenvalue weighted by Crippen LogP contribution is 2.20. The van der Waals surface area contributed by atoms with Gasteiger partial charge in [-0.3, -0.25) is 9.59 Å². The summed E-state index contributed by atoms with van der Waals surface area (Å²) in [7, 11) is 1.52. The average molecular weight is 356 g/mol. The fraction of sp³-hybridized carbons (Fsp3) is 0.412. The van der Waals surface area contributed by atoms with Crippen LogP contribution in [-0.2, 0) is 9.59 Å². The Balaban J connectivity index is 1.99. The number of nitrogens with zero attached hydrogens (tertiary/aromatic N) is 2. The maximum absolute atomic E-state index is 12.5. The molecule has 2 amide bonds. The zero-order chi connectivity index (χ0) is 18.4. The quantitative estimate of drug-likeness (QED) is 0.781. The molecule has 136 valence electrons. The molecule has 0 N–H and O–H groups in total. The summed E-state index contributed by atoms with van der Waals surface area (Å²) in [5.41, 5.74) is 0.724. The fourth-order valence-electron chi connectivity index (χ4n) is 2.59. The van der Waals surface area contributed by atoms with Gasteiger partial charge in [-0.25, -0.2) is 0 Å². The molecule has 8 heteroatoms. The lowest BCUT2D eigenvalue weighted by Crippen LogP contribution is -2.43. The normalized spacial score (nSPS) is 16.0. The molecule has 0 aliphatic carbocycles. The molecule has 0 saturated carbocycles. The first-order chi connectivity index (χ1) is 11.8. The Labute approximate surface area is 143 Å². The lowest BCUT2D eigenvalue weighted by Gasteiger charge is -2.22. The second-order valence-electron chi connectivity index (χ2n) is 5.54. The lowest BCUT2D eigenvalue weighted by molar-refractivity contribution is -0.185. The number of carbonyl (C=O) groups is 2. The fourth-order valence-corrected chi connectivity index (χ4v) is 2.59. The van der Waals surface area contributed by atoms with E-state index >= 15 is 0 Å². The summed E-state index contributed by atoms with van der Waals surface area (Å²) in [5.74, 6) is -1.55. The van der Waals surface area contributed by atoms with Crippen LogP contribution in [0.1, 0.15) is 12.0 Å². The number of alkyl halides is 3. The number of amides is 2. The minimum atomic E-state index is -4.89. The van der Waals surface area contributed by atoms with E-state index in [1.54, 1.807) is 30.3 Å². The zero-order valence-corrected chi connectivity index (χ0v) is 13.8. The van der Waals surface area contributed by atoms with E-state index in [1.807, 2.05) is 0 Å². The van der Waals surface area contributed by atoms with Crippen molar-refractivity contribution in [1.82, 2.24) is 9.80 Å². The van der Waals surface area contributed by atoms with E-state index in [1.165, 1.54) is 18.1 Å². The first-order valence-corrected chi connectivity index (χ1v) is 7.79. The Morgan fingerprint density at radius 3 is 2.40 bits per heavy atom. The number of halogens is 3. The van der Waals surface area contributed by atoms with Gasteiger partial charge in [0.1, 0.15) is 5.75 Å². The summed E-state index contributed by atoms with van der Waals surface area (Å²) in [6, 6.07) is 7.16. The van der Waals surface area contributed by atoms with Crippen molar-refractivity contribution in [2.24, 2.45) is 0 Å². The molecular formula is C17H19F3N2O3. The van der Waals surface area contributed by atoms with Gasteiger partial charge in [-0.1, -0.05) is 18.2 Å². The van der Waals surface area contributed by atoms with Crippen LogP contribution in [0, 0.1) is 0 Å². The minimum Gasteiger partial charge on any atom is -0.496 e. The number of hydrogen-bond acceptors (Lipinski definition) is 3. The van der Waals surface area contributed by atoms with E-state index in [0.29, 0.717) is 18.7 Å². The highest BCUT2D eigenvalue weighted by atomic mass is 19.4. The van der Waals surface area contributed by atoms with E-state index in [0.717, 1.165) is 10.5 Å². The molecular weight excluding hydrogens is 337 g/mol. The van der Waals surface area contributed by atoms with Gasteiger partial charge < -0.3 is 14.5 Å². The Hall–Kier alpha value is -2.51. The van der Waals surface area contributed by atoms with Crippen LogP contribution in [0.2, 0.25) is 0 Å². The third-order valence-corrected chi connectivity index (χ3v) is 3.88. The van der Waals surface area contributed by atoms with E-state index in [4.69, 9.17) is 4.74 Å². The van der Waals surface area contributed by atoms with Gasteiger partial charge in [0.15, 0.2) is 0 Å². The Kier molecular flexibility index (Phi) is 6.06. The Morgan fingerprint density at radius 1 is 1.08 bits per heavy atom. The molecule has 5 nitrogen and oxygen atoms in total. The predicted molar refractivity (Wildman–Crippen MR) is 85.9 cm³/mol. The van der Waals surface area contributed by atoms with Gasteiger partial charge in [0, 0.05) is 37.8 Å². The summed E-state index contributed by atoms with van der Waals surface area (Å²) in [6.45, 7) is 0.221. The third-order valence-electron chi connectivity index (χ3n) is 3.88. The predicted octanol–water partition coefficient (Wildman–Crippen LogP) is 2.33. The average Bonchev–Trinajstić information content (AvgIpc) is 2.84. The van der Waals surface area contributed by atoms with Crippen LogP contribution in [0.25, 0.3) is 6.08 Å². The number of rotatable bonds is 3. The van der Waals surface area contributed by atoms with E-state index in [-0.39, 0.29) is 25.5 Å². The zero-order valence-electron chi connectivity index (χ0n) is 13.8. The van der Waals surface area contributed by atoms with Gasteiger partial charge >= 0.3 is 12.1 Å². The molecule has 1 aliphatic heterocycles. The minimum absolute atomic E-state index is 0.0155. The van der Waals surface area contributed by atoms with Crippen molar-refractivity contribution in [2.45, 2.75) is 12.6 Å². The van der Waals surface area contributed by atoms with Crippen LogP contribution < -0.4 is 4.74 Å². The molecule has 0 atom stereocenters. The second kappa shape index (κ2) is 8.04. The van der Waals surface area contributed by atoms with Gasteiger partial charge in [0.25, 0.3) is 0 Å². The standard InChI is InChI=1S/C17H19F3N2O3/c1-25-14-6-3-2-5-13(14)7-8-15(23)21-9-4-10-22(12-11-21)16(24)17(18,19)20/h2-3,5-8H,4,9-12H2,1H3/b8-7+. The van der Waals surface area contributed by atoms with Gasteiger partial charge in [-0.05, 0) is 18.6 Å². The van der Waals surface area contributed by atoms with Crippen molar-refractivity contribution in [1.29, 1.82) is 0 Å². The first-order valence-electron chi connectivity index (χ1n) is 7.79. The van der Waals surface area contributed by atoms with Crippen LogP contribution in [-0.4, -0.2) is 61.1 Å². The lowest BCUT2D eigenvalue weighted by atomic mass is 10.2. The van der Waals surface area contributed by atoms with Crippen molar-refractivity contribution >= 4 is 17.9 Å². The van der Waals surface area contributed by atoms with Crippen molar-refractivity contribution in [3.63, 3.8) is 0 Å². The number of benzene rings is 1. The van der Waals surface area contributed by atoms with Crippen LogP contribution in [0.15, 0.2) is 30.3 Å². The molecule has 0 radical (unpaired) electrons. The molecule has 0 unspecified atom stereocenters. The molecule has 1 heterocycles. The maximum atomic E-state index is 12.5. The molecule has 1 fully saturated rings. The summed E-state index contributed by atoms with van der Waals surface area (Å²) in [5, 5.41) is 0. The highest BCUT2D eigenvalue weighted by molar-refractivity contribution is 5.92. The number of carbonyl (C=O) groups excluding carboxylic acids is 2. The molecule has 1 saturated heterocycles. The van der Waals surface area contributed by atoms with Crippen LogP contribution in [0.3, 0.4) is 0 Å². The summed E-state index contributed by atoms with van der Waals surface area (Å²) < 4.78 is 42.7. The molecule has 2 rings (SSSR count). The van der Waals surface area contributed by atoms with E-state index < -0.39 is 12.1 Å². The molecule has 1 aromatic carbocycles. The summed E-state index contributed by atoms with van der Waals surface area (Å²) >= 11 is 0. The summed E-state index contributed by atoms with van der Waals surface area (Å²) in [4.78, 5) is 25.8. The molecule has 0 aromatic heterocycles. The first kappa shape index (κ1) is 18.8. The van der Waals surface area contributed by atoms with Crippen molar-refractivity contribution in [3.8, 4) is 5.75 Å². The summed E-state index contributed by atoms with van der Waals surface area (Å²) in [6.07, 6.45) is -1.62. The Morgan fingerprint density at radius 2 is 1.72 bits per heavy atom. The SMILES string of the molecule is COc1ccccc1/C=C/C(=O)N1CCCN(C(=O)C(F)(F)F)CC1. The van der Waals surface area contributed by atoms with Gasteiger partial charge in [0.2, 0.25) is 5.91 Å².